The van der Waals surface area contributed by atoms with E-state index in [0.29, 0.717) is 6.42 Å². The summed E-state index contributed by atoms with van der Waals surface area (Å²) in [6.45, 7) is 5.68. The van der Waals surface area contributed by atoms with Gasteiger partial charge in [0.05, 0.1) is 13.2 Å². The van der Waals surface area contributed by atoms with Gasteiger partial charge >= 0.3 is 5.97 Å². The zero-order chi connectivity index (χ0) is 8.85. The first-order valence-electron chi connectivity index (χ1n) is 3.85. The van der Waals surface area contributed by atoms with Crippen LogP contribution < -0.4 is 0 Å². The molecule has 0 aliphatic carbocycles. The highest BCUT2D eigenvalue weighted by Gasteiger charge is 2.18. The van der Waals surface area contributed by atoms with Crippen molar-refractivity contribution in [2.24, 2.45) is 0 Å². The lowest BCUT2D eigenvalue weighted by Gasteiger charge is -2.15. The molecule has 0 heterocycles. The first-order valence-corrected chi connectivity index (χ1v) is 3.85. The molecule has 0 amide bonds. The zero-order valence-corrected chi connectivity index (χ0v) is 7.59. The molecule has 11 heavy (non-hydrogen) atoms. The predicted molar refractivity (Wildman–Crippen MR) is 42.3 cm³/mol. The van der Waals surface area contributed by atoms with E-state index >= 15 is 0 Å². The van der Waals surface area contributed by atoms with E-state index in [4.69, 9.17) is 4.74 Å². The molecule has 3 nitrogen and oxygen atoms in total. The van der Waals surface area contributed by atoms with Crippen LogP contribution in [0.15, 0.2) is 0 Å². The molecule has 0 aromatic heterocycles. The van der Waals surface area contributed by atoms with E-state index in [1.165, 1.54) is 7.11 Å². The molecular weight excluding hydrogens is 144 g/mol. The molecule has 0 aromatic carbocycles. The average Bonchev–Trinajstić information content (AvgIpc) is 1.98. The number of methoxy groups -OCH3 is 1. The largest absolute Gasteiger partial charge is 0.467 e. The van der Waals surface area contributed by atoms with E-state index in [-0.39, 0.29) is 12.1 Å². The van der Waals surface area contributed by atoms with E-state index in [2.05, 4.69) is 4.74 Å². The summed E-state index contributed by atoms with van der Waals surface area (Å²) >= 11 is 0. The van der Waals surface area contributed by atoms with Gasteiger partial charge in [-0.3, -0.25) is 0 Å². The van der Waals surface area contributed by atoms with Gasteiger partial charge in [-0.15, -0.1) is 0 Å². The van der Waals surface area contributed by atoms with Crippen LogP contribution in [-0.4, -0.2) is 25.3 Å². The Hall–Kier alpha value is -0.570. The van der Waals surface area contributed by atoms with Crippen molar-refractivity contribution in [2.45, 2.75) is 39.4 Å². The first-order chi connectivity index (χ1) is 5.11. The molecule has 0 radical (unpaired) electrons. The zero-order valence-electron chi connectivity index (χ0n) is 7.59. The summed E-state index contributed by atoms with van der Waals surface area (Å²) in [7, 11) is 1.37. The molecule has 0 bridgehead atoms. The van der Waals surface area contributed by atoms with E-state index in [1.54, 1.807) is 0 Å². The number of esters is 1. The Morgan fingerprint density at radius 2 is 2.00 bits per heavy atom. The van der Waals surface area contributed by atoms with Crippen molar-refractivity contribution in [3.8, 4) is 0 Å². The lowest BCUT2D eigenvalue weighted by Crippen LogP contribution is -2.27. The molecule has 3 heteroatoms. The topological polar surface area (TPSA) is 35.5 Å². The molecule has 0 fully saturated rings. The Bertz CT molecular complexity index is 121. The predicted octanol–water partition coefficient (Wildman–Crippen LogP) is 1.36. The Labute approximate surface area is 67.7 Å². The van der Waals surface area contributed by atoms with E-state index in [0.717, 1.165) is 0 Å². The van der Waals surface area contributed by atoms with Crippen LogP contribution in [0.4, 0.5) is 0 Å². The minimum Gasteiger partial charge on any atom is -0.467 e. The summed E-state index contributed by atoms with van der Waals surface area (Å²) in [5.41, 5.74) is 0. The summed E-state index contributed by atoms with van der Waals surface area (Å²) in [6.07, 6.45) is 0.323. The van der Waals surface area contributed by atoms with Crippen LogP contribution in [0.1, 0.15) is 27.2 Å². The van der Waals surface area contributed by atoms with Gasteiger partial charge in [0, 0.05) is 0 Å². The Balaban J connectivity index is 3.84. The second kappa shape index (κ2) is 5.13. The summed E-state index contributed by atoms with van der Waals surface area (Å²) < 4.78 is 9.82. The van der Waals surface area contributed by atoms with Crippen molar-refractivity contribution in [1.29, 1.82) is 0 Å². The number of hydrogen-bond acceptors (Lipinski definition) is 3. The van der Waals surface area contributed by atoms with Crippen molar-refractivity contribution < 1.29 is 14.3 Å². The summed E-state index contributed by atoms with van der Waals surface area (Å²) in [4.78, 5) is 10.9. The number of hydrogen-bond donors (Lipinski definition) is 0. The monoisotopic (exact) mass is 160 g/mol. The second-order valence-corrected chi connectivity index (χ2v) is 2.60. The fourth-order valence-corrected chi connectivity index (χ4v) is 0.778. The maximum absolute atomic E-state index is 10.9. The molecule has 0 aliphatic heterocycles. The second-order valence-electron chi connectivity index (χ2n) is 2.60. The molecule has 0 saturated heterocycles. The SMILES string of the molecule is CCC(OC(C)C)C(=O)OC. The van der Waals surface area contributed by atoms with Gasteiger partial charge in [0.15, 0.2) is 6.10 Å². The molecule has 0 N–H and O–H groups in total. The van der Waals surface area contributed by atoms with Gasteiger partial charge in [-0.1, -0.05) is 6.92 Å². The minimum atomic E-state index is -0.403. The molecule has 1 unspecified atom stereocenters. The molecule has 0 rings (SSSR count). The minimum absolute atomic E-state index is 0.0686. The highest BCUT2D eigenvalue weighted by Crippen LogP contribution is 2.03. The van der Waals surface area contributed by atoms with Gasteiger partial charge in [0.25, 0.3) is 0 Å². The fraction of sp³-hybridized carbons (Fsp3) is 0.875. The van der Waals surface area contributed by atoms with Crippen LogP contribution >= 0.6 is 0 Å². The van der Waals surface area contributed by atoms with Crippen molar-refractivity contribution in [3.05, 3.63) is 0 Å². The van der Waals surface area contributed by atoms with Crippen LogP contribution in [0.5, 0.6) is 0 Å². The summed E-state index contributed by atoms with van der Waals surface area (Å²) in [6, 6.07) is 0. The number of carbonyl (C=O) groups excluding carboxylic acids is 1. The summed E-state index contributed by atoms with van der Waals surface area (Å²) in [5.74, 6) is -0.291. The van der Waals surface area contributed by atoms with Gasteiger partial charge < -0.3 is 9.47 Å². The third-order valence-electron chi connectivity index (χ3n) is 1.27. The van der Waals surface area contributed by atoms with Crippen molar-refractivity contribution in [3.63, 3.8) is 0 Å². The molecular formula is C8H16O3. The third-order valence-corrected chi connectivity index (χ3v) is 1.27. The van der Waals surface area contributed by atoms with Gasteiger partial charge in [-0.2, -0.15) is 0 Å². The lowest BCUT2D eigenvalue weighted by atomic mass is 10.3. The van der Waals surface area contributed by atoms with E-state index in [1.807, 2.05) is 20.8 Å². The van der Waals surface area contributed by atoms with Crippen LogP contribution in [0.3, 0.4) is 0 Å². The Morgan fingerprint density at radius 1 is 1.45 bits per heavy atom. The van der Waals surface area contributed by atoms with Crippen LogP contribution in [-0.2, 0) is 14.3 Å². The van der Waals surface area contributed by atoms with Crippen LogP contribution in [0.2, 0.25) is 0 Å². The van der Waals surface area contributed by atoms with E-state index in [9.17, 15) is 4.79 Å². The fourth-order valence-electron chi connectivity index (χ4n) is 0.778. The number of rotatable bonds is 4. The lowest BCUT2D eigenvalue weighted by molar-refractivity contribution is -0.157. The van der Waals surface area contributed by atoms with Crippen molar-refractivity contribution >= 4 is 5.97 Å². The van der Waals surface area contributed by atoms with Gasteiger partial charge in [0.2, 0.25) is 0 Å². The molecule has 0 saturated carbocycles. The van der Waals surface area contributed by atoms with Crippen molar-refractivity contribution in [1.82, 2.24) is 0 Å². The maximum Gasteiger partial charge on any atom is 0.334 e. The summed E-state index contributed by atoms with van der Waals surface area (Å²) in [5, 5.41) is 0. The van der Waals surface area contributed by atoms with Crippen molar-refractivity contribution in [2.75, 3.05) is 7.11 Å². The van der Waals surface area contributed by atoms with Gasteiger partial charge in [-0.25, -0.2) is 4.79 Å². The molecule has 66 valence electrons. The number of carbonyl (C=O) groups is 1. The highest BCUT2D eigenvalue weighted by molar-refractivity contribution is 5.74. The maximum atomic E-state index is 10.9. The van der Waals surface area contributed by atoms with E-state index < -0.39 is 6.10 Å². The standard InChI is InChI=1S/C8H16O3/c1-5-7(8(9)10-4)11-6(2)3/h6-7H,5H2,1-4H3. The Morgan fingerprint density at radius 3 is 2.27 bits per heavy atom. The quantitative estimate of drug-likeness (QED) is 0.582. The molecule has 0 spiro atoms. The average molecular weight is 160 g/mol. The number of ether oxygens (including phenoxy) is 2. The van der Waals surface area contributed by atoms with Crippen LogP contribution in [0, 0.1) is 0 Å². The first kappa shape index (κ1) is 10.4. The molecule has 1 atom stereocenters. The Kier molecular flexibility index (Phi) is 4.86. The van der Waals surface area contributed by atoms with Crippen LogP contribution in [0.25, 0.3) is 0 Å². The molecule has 0 aliphatic rings. The highest BCUT2D eigenvalue weighted by atomic mass is 16.6. The normalized spacial score (nSPS) is 13.2. The third kappa shape index (κ3) is 3.98. The van der Waals surface area contributed by atoms with Gasteiger partial charge in [-0.05, 0) is 20.3 Å². The molecule has 0 aromatic rings. The van der Waals surface area contributed by atoms with Gasteiger partial charge in [0.1, 0.15) is 0 Å². The smallest absolute Gasteiger partial charge is 0.334 e.